The number of hydrogen-bond acceptors (Lipinski definition) is 2. The number of rotatable bonds is 3. The molecule has 2 nitrogen and oxygen atoms in total. The molecule has 0 heterocycles. The molecule has 2 heteroatoms. The van der Waals surface area contributed by atoms with Gasteiger partial charge in [-0.1, -0.05) is 59.7 Å². The molecule has 3 aromatic rings. The second-order valence-corrected chi connectivity index (χ2v) is 6.23. The predicted molar refractivity (Wildman–Crippen MR) is 99.7 cm³/mol. The molecular formula is C22H22O2. The summed E-state index contributed by atoms with van der Waals surface area (Å²) in [6.45, 7) is 6.08. The number of benzene rings is 3. The first-order chi connectivity index (χ1) is 11.5. The molecule has 0 aliphatic carbocycles. The van der Waals surface area contributed by atoms with Crippen molar-refractivity contribution in [3.05, 3.63) is 71.3 Å². The van der Waals surface area contributed by atoms with E-state index in [1.54, 1.807) is 7.11 Å². The number of aryl methyl sites for hydroxylation is 3. The van der Waals surface area contributed by atoms with Crippen molar-refractivity contribution in [3.63, 3.8) is 0 Å². The van der Waals surface area contributed by atoms with E-state index in [1.807, 2.05) is 19.1 Å². The lowest BCUT2D eigenvalue weighted by Crippen LogP contribution is -1.94. The normalized spacial score (nSPS) is 10.7. The van der Waals surface area contributed by atoms with E-state index in [1.165, 1.54) is 11.1 Å². The van der Waals surface area contributed by atoms with Gasteiger partial charge in [0.1, 0.15) is 0 Å². The third kappa shape index (κ3) is 2.88. The molecule has 0 bridgehead atoms. The average molecular weight is 318 g/mol. The minimum Gasteiger partial charge on any atom is -0.504 e. The van der Waals surface area contributed by atoms with E-state index in [-0.39, 0.29) is 5.75 Å². The second-order valence-electron chi connectivity index (χ2n) is 6.23. The number of aromatic hydroxyl groups is 1. The molecule has 122 valence electrons. The monoisotopic (exact) mass is 318 g/mol. The van der Waals surface area contributed by atoms with Gasteiger partial charge in [-0.25, -0.2) is 0 Å². The van der Waals surface area contributed by atoms with E-state index in [4.69, 9.17) is 4.74 Å². The number of hydrogen-bond donors (Lipinski definition) is 1. The number of phenolic OH excluding ortho intramolecular Hbond substituents is 1. The Morgan fingerprint density at radius 3 is 1.75 bits per heavy atom. The van der Waals surface area contributed by atoms with Gasteiger partial charge in [0.15, 0.2) is 11.5 Å². The van der Waals surface area contributed by atoms with Gasteiger partial charge < -0.3 is 9.84 Å². The van der Waals surface area contributed by atoms with Crippen LogP contribution in [-0.4, -0.2) is 12.2 Å². The molecule has 0 aliphatic heterocycles. The summed E-state index contributed by atoms with van der Waals surface area (Å²) in [6.07, 6.45) is 0. The van der Waals surface area contributed by atoms with Crippen molar-refractivity contribution in [2.24, 2.45) is 0 Å². The highest BCUT2D eigenvalue weighted by molar-refractivity contribution is 5.90. The van der Waals surface area contributed by atoms with Crippen LogP contribution in [0.2, 0.25) is 0 Å². The van der Waals surface area contributed by atoms with Crippen LogP contribution in [0.1, 0.15) is 16.7 Å². The van der Waals surface area contributed by atoms with Gasteiger partial charge in [0.2, 0.25) is 0 Å². The van der Waals surface area contributed by atoms with E-state index in [9.17, 15) is 5.11 Å². The maximum Gasteiger partial charge on any atom is 0.166 e. The van der Waals surface area contributed by atoms with Crippen LogP contribution in [-0.2, 0) is 0 Å². The minimum atomic E-state index is 0.192. The molecule has 0 saturated carbocycles. The summed E-state index contributed by atoms with van der Waals surface area (Å²) >= 11 is 0. The molecule has 0 saturated heterocycles. The highest BCUT2D eigenvalue weighted by atomic mass is 16.5. The zero-order valence-corrected chi connectivity index (χ0v) is 14.6. The fourth-order valence-corrected chi connectivity index (χ4v) is 3.01. The van der Waals surface area contributed by atoms with Gasteiger partial charge in [-0.3, -0.25) is 0 Å². The zero-order chi connectivity index (χ0) is 17.3. The van der Waals surface area contributed by atoms with Gasteiger partial charge in [-0.2, -0.15) is 0 Å². The lowest BCUT2D eigenvalue weighted by atomic mass is 9.91. The smallest absolute Gasteiger partial charge is 0.166 e. The summed E-state index contributed by atoms with van der Waals surface area (Å²) in [4.78, 5) is 0. The van der Waals surface area contributed by atoms with Crippen molar-refractivity contribution >= 4 is 0 Å². The van der Waals surface area contributed by atoms with Crippen molar-refractivity contribution in [2.45, 2.75) is 20.8 Å². The Hall–Kier alpha value is -2.74. The molecule has 0 aliphatic rings. The lowest BCUT2D eigenvalue weighted by molar-refractivity contribution is 0.372. The molecule has 1 N–H and O–H groups in total. The van der Waals surface area contributed by atoms with E-state index >= 15 is 0 Å². The van der Waals surface area contributed by atoms with Gasteiger partial charge in [-0.15, -0.1) is 0 Å². The number of ether oxygens (including phenoxy) is 1. The Morgan fingerprint density at radius 1 is 0.750 bits per heavy atom. The summed E-state index contributed by atoms with van der Waals surface area (Å²) < 4.78 is 5.42. The molecule has 0 radical (unpaired) electrons. The van der Waals surface area contributed by atoms with E-state index in [0.29, 0.717) is 5.75 Å². The van der Waals surface area contributed by atoms with Crippen molar-refractivity contribution in [3.8, 4) is 33.8 Å². The minimum absolute atomic E-state index is 0.192. The summed E-state index contributed by atoms with van der Waals surface area (Å²) in [5.74, 6) is 0.721. The van der Waals surface area contributed by atoms with Gasteiger partial charge in [0.05, 0.1) is 7.11 Å². The third-order valence-electron chi connectivity index (χ3n) is 4.35. The SMILES string of the molecule is COc1c(C)cc(-c2ccc(C)cc2)c(-c2ccc(C)cc2)c1O. The van der Waals surface area contributed by atoms with Crippen LogP contribution < -0.4 is 4.74 Å². The Balaban J connectivity index is 2.31. The van der Waals surface area contributed by atoms with Crippen LogP contribution in [0.25, 0.3) is 22.3 Å². The largest absolute Gasteiger partial charge is 0.504 e. The fraction of sp³-hybridized carbons (Fsp3) is 0.182. The summed E-state index contributed by atoms with van der Waals surface area (Å²) in [7, 11) is 1.59. The Kier molecular flexibility index (Phi) is 4.30. The first-order valence-electron chi connectivity index (χ1n) is 8.06. The molecule has 0 unspecified atom stereocenters. The third-order valence-corrected chi connectivity index (χ3v) is 4.35. The molecule has 3 rings (SSSR count). The molecule has 0 amide bonds. The Labute approximate surface area is 143 Å². The first kappa shape index (κ1) is 16.1. The quantitative estimate of drug-likeness (QED) is 0.675. The van der Waals surface area contributed by atoms with E-state index in [0.717, 1.165) is 27.8 Å². The predicted octanol–water partition coefficient (Wildman–Crippen LogP) is 5.66. The van der Waals surface area contributed by atoms with Gasteiger partial charge in [0.25, 0.3) is 0 Å². The summed E-state index contributed by atoms with van der Waals surface area (Å²) in [5.41, 5.74) is 7.20. The molecular weight excluding hydrogens is 296 g/mol. The second kappa shape index (κ2) is 6.40. The first-order valence-corrected chi connectivity index (χ1v) is 8.06. The number of methoxy groups -OCH3 is 1. The Morgan fingerprint density at radius 2 is 1.25 bits per heavy atom. The molecule has 0 atom stereocenters. The van der Waals surface area contributed by atoms with Crippen LogP contribution in [0.15, 0.2) is 54.6 Å². The van der Waals surface area contributed by atoms with Gasteiger partial charge in [0, 0.05) is 5.56 Å². The van der Waals surface area contributed by atoms with Crippen molar-refractivity contribution in [1.29, 1.82) is 0 Å². The Bertz CT molecular complexity index is 860. The molecule has 0 spiro atoms. The molecule has 0 fully saturated rings. The highest BCUT2D eigenvalue weighted by Gasteiger charge is 2.19. The average Bonchev–Trinajstić information content (AvgIpc) is 2.57. The van der Waals surface area contributed by atoms with Crippen molar-refractivity contribution in [2.75, 3.05) is 7.11 Å². The zero-order valence-electron chi connectivity index (χ0n) is 14.6. The van der Waals surface area contributed by atoms with Crippen LogP contribution in [0.4, 0.5) is 0 Å². The lowest BCUT2D eigenvalue weighted by Gasteiger charge is -2.17. The highest BCUT2D eigenvalue weighted by Crippen LogP contribution is 2.46. The molecule has 3 aromatic carbocycles. The van der Waals surface area contributed by atoms with Crippen molar-refractivity contribution in [1.82, 2.24) is 0 Å². The summed E-state index contributed by atoms with van der Waals surface area (Å²) in [6, 6.07) is 18.6. The van der Waals surface area contributed by atoms with Crippen LogP contribution in [0.3, 0.4) is 0 Å². The maximum absolute atomic E-state index is 10.9. The molecule has 24 heavy (non-hydrogen) atoms. The van der Waals surface area contributed by atoms with Crippen LogP contribution in [0, 0.1) is 20.8 Å². The summed E-state index contributed by atoms with van der Waals surface area (Å²) in [5, 5.41) is 10.9. The topological polar surface area (TPSA) is 29.5 Å². The van der Waals surface area contributed by atoms with Crippen molar-refractivity contribution < 1.29 is 9.84 Å². The van der Waals surface area contributed by atoms with Gasteiger partial charge in [-0.05, 0) is 49.1 Å². The van der Waals surface area contributed by atoms with E-state index in [2.05, 4.69) is 56.3 Å². The van der Waals surface area contributed by atoms with Crippen LogP contribution >= 0.6 is 0 Å². The fourth-order valence-electron chi connectivity index (χ4n) is 3.01. The maximum atomic E-state index is 10.9. The van der Waals surface area contributed by atoms with Gasteiger partial charge >= 0.3 is 0 Å². The number of phenols is 1. The molecule has 0 aromatic heterocycles. The van der Waals surface area contributed by atoms with E-state index < -0.39 is 0 Å². The van der Waals surface area contributed by atoms with Crippen LogP contribution in [0.5, 0.6) is 11.5 Å². The standard InChI is InChI=1S/C22H22O2/c1-14-5-9-17(10-6-14)19-13-16(3)22(24-4)21(23)20(19)18-11-7-15(2)8-12-18/h5-13,23H,1-4H3.